The zero-order chi connectivity index (χ0) is 13.8. The molecule has 0 saturated carbocycles. The Bertz CT molecular complexity index is 595. The molecule has 6 heteroatoms. The molecule has 0 unspecified atom stereocenters. The number of aromatic nitrogens is 2. The average molecular weight is 280 g/mol. The average Bonchev–Trinajstić information content (AvgIpc) is 2.81. The zero-order valence-corrected chi connectivity index (χ0v) is 11.5. The number of aryl methyl sites for hydroxylation is 2. The Morgan fingerprint density at radius 1 is 1.47 bits per heavy atom. The van der Waals surface area contributed by atoms with Crippen LogP contribution >= 0.6 is 11.6 Å². The highest BCUT2D eigenvalue weighted by molar-refractivity contribution is 6.29. The number of hydrogen-bond donors (Lipinski definition) is 1. The fourth-order valence-electron chi connectivity index (χ4n) is 1.60. The van der Waals surface area contributed by atoms with E-state index in [2.05, 4.69) is 15.3 Å². The van der Waals surface area contributed by atoms with Gasteiger partial charge in [0.15, 0.2) is 0 Å². The molecule has 19 heavy (non-hydrogen) atoms. The predicted molar refractivity (Wildman–Crippen MR) is 71.0 cm³/mol. The molecule has 0 aromatic carbocycles. The molecule has 0 spiro atoms. The maximum absolute atomic E-state index is 12.0. The molecule has 1 N–H and O–H groups in total. The van der Waals surface area contributed by atoms with Gasteiger partial charge in [-0.15, -0.1) is 0 Å². The predicted octanol–water partition coefficient (Wildman–Crippen LogP) is 2.52. The van der Waals surface area contributed by atoms with E-state index in [1.807, 2.05) is 6.92 Å². The number of rotatable bonds is 4. The summed E-state index contributed by atoms with van der Waals surface area (Å²) in [4.78, 5) is 20.1. The summed E-state index contributed by atoms with van der Waals surface area (Å²) in [5, 5.41) is 3.04. The van der Waals surface area contributed by atoms with Crippen LogP contribution in [0.25, 0.3) is 0 Å². The normalized spacial score (nSPS) is 10.5. The first-order valence-electron chi connectivity index (χ1n) is 5.94. The van der Waals surface area contributed by atoms with Crippen molar-refractivity contribution in [1.29, 1.82) is 0 Å². The fraction of sp³-hybridized carbons (Fsp3) is 0.308. The molecule has 2 aromatic heterocycles. The Morgan fingerprint density at radius 2 is 2.26 bits per heavy atom. The van der Waals surface area contributed by atoms with Gasteiger partial charge in [0, 0.05) is 11.3 Å². The van der Waals surface area contributed by atoms with E-state index >= 15 is 0 Å². The van der Waals surface area contributed by atoms with Crippen LogP contribution in [-0.4, -0.2) is 15.9 Å². The number of halogens is 1. The van der Waals surface area contributed by atoms with Crippen molar-refractivity contribution in [2.75, 3.05) is 0 Å². The molecule has 0 aliphatic carbocycles. The molecule has 0 fully saturated rings. The summed E-state index contributed by atoms with van der Waals surface area (Å²) in [6.45, 7) is 4.00. The highest BCUT2D eigenvalue weighted by Gasteiger charge is 2.10. The van der Waals surface area contributed by atoms with E-state index in [1.165, 1.54) is 6.07 Å². The van der Waals surface area contributed by atoms with E-state index in [0.29, 0.717) is 22.4 Å². The van der Waals surface area contributed by atoms with Gasteiger partial charge < -0.3 is 9.73 Å². The maximum atomic E-state index is 12.0. The molecule has 2 aromatic rings. The van der Waals surface area contributed by atoms with Gasteiger partial charge in [0.2, 0.25) is 5.89 Å². The Kier molecular flexibility index (Phi) is 4.16. The quantitative estimate of drug-likeness (QED) is 0.873. The highest BCUT2D eigenvalue weighted by Crippen LogP contribution is 2.11. The molecule has 100 valence electrons. The van der Waals surface area contributed by atoms with Crippen LogP contribution < -0.4 is 5.32 Å². The number of pyridine rings is 1. The molecular weight excluding hydrogens is 266 g/mol. The van der Waals surface area contributed by atoms with Gasteiger partial charge in [-0.2, -0.15) is 0 Å². The van der Waals surface area contributed by atoms with Crippen LogP contribution in [-0.2, 0) is 13.0 Å². The standard InChI is InChI=1S/C13H14ClN3O2/c1-3-10-4-9(5-11(14)17-10)13(18)16-7-12-15-6-8(2)19-12/h4-6H,3,7H2,1-2H3,(H,16,18). The second-order valence-electron chi connectivity index (χ2n) is 4.07. The van der Waals surface area contributed by atoms with Crippen LogP contribution in [0.4, 0.5) is 0 Å². The number of carbonyl (C=O) groups excluding carboxylic acids is 1. The van der Waals surface area contributed by atoms with Gasteiger partial charge in [0.25, 0.3) is 5.91 Å². The topological polar surface area (TPSA) is 68.0 Å². The number of nitrogens with one attached hydrogen (secondary N) is 1. The Morgan fingerprint density at radius 3 is 2.89 bits per heavy atom. The van der Waals surface area contributed by atoms with E-state index in [0.717, 1.165) is 12.1 Å². The largest absolute Gasteiger partial charge is 0.444 e. The summed E-state index contributed by atoms with van der Waals surface area (Å²) >= 11 is 5.87. The third-order valence-corrected chi connectivity index (χ3v) is 2.73. The van der Waals surface area contributed by atoms with Crippen LogP contribution in [0.15, 0.2) is 22.7 Å². The molecule has 0 saturated heterocycles. The van der Waals surface area contributed by atoms with Crippen molar-refractivity contribution in [2.24, 2.45) is 0 Å². The van der Waals surface area contributed by atoms with Gasteiger partial charge in [0.1, 0.15) is 10.9 Å². The summed E-state index contributed by atoms with van der Waals surface area (Å²) in [5.41, 5.74) is 1.27. The van der Waals surface area contributed by atoms with Crippen LogP contribution in [0.2, 0.25) is 5.15 Å². The summed E-state index contributed by atoms with van der Waals surface area (Å²) in [5.74, 6) is 0.959. The lowest BCUT2D eigenvalue weighted by Crippen LogP contribution is -2.23. The Hall–Kier alpha value is -1.88. The lowest BCUT2D eigenvalue weighted by Gasteiger charge is -2.05. The lowest BCUT2D eigenvalue weighted by molar-refractivity contribution is 0.0947. The minimum absolute atomic E-state index is 0.227. The number of hydrogen-bond acceptors (Lipinski definition) is 4. The van der Waals surface area contributed by atoms with Gasteiger partial charge in [0.05, 0.1) is 12.7 Å². The maximum Gasteiger partial charge on any atom is 0.251 e. The van der Waals surface area contributed by atoms with Gasteiger partial charge in [-0.25, -0.2) is 9.97 Å². The van der Waals surface area contributed by atoms with Crippen molar-refractivity contribution in [1.82, 2.24) is 15.3 Å². The zero-order valence-electron chi connectivity index (χ0n) is 10.7. The van der Waals surface area contributed by atoms with Crippen molar-refractivity contribution < 1.29 is 9.21 Å². The molecule has 1 amide bonds. The van der Waals surface area contributed by atoms with E-state index in [1.54, 1.807) is 19.2 Å². The summed E-state index contributed by atoms with van der Waals surface area (Å²) in [6, 6.07) is 3.26. The van der Waals surface area contributed by atoms with Crippen molar-refractivity contribution in [3.63, 3.8) is 0 Å². The summed E-state index contributed by atoms with van der Waals surface area (Å²) < 4.78 is 5.27. The number of amides is 1. The van der Waals surface area contributed by atoms with Crippen molar-refractivity contribution >= 4 is 17.5 Å². The molecule has 0 aliphatic heterocycles. The molecular formula is C13H14ClN3O2. The second-order valence-corrected chi connectivity index (χ2v) is 4.46. The van der Waals surface area contributed by atoms with Gasteiger partial charge in [-0.1, -0.05) is 18.5 Å². The minimum atomic E-state index is -0.227. The first kappa shape index (κ1) is 13.5. The van der Waals surface area contributed by atoms with E-state index in [4.69, 9.17) is 16.0 Å². The molecule has 0 radical (unpaired) electrons. The first-order valence-corrected chi connectivity index (χ1v) is 6.32. The van der Waals surface area contributed by atoms with Gasteiger partial charge >= 0.3 is 0 Å². The molecule has 0 bridgehead atoms. The van der Waals surface area contributed by atoms with Gasteiger partial charge in [-0.05, 0) is 25.5 Å². The van der Waals surface area contributed by atoms with E-state index in [-0.39, 0.29) is 12.5 Å². The lowest BCUT2D eigenvalue weighted by atomic mass is 10.2. The van der Waals surface area contributed by atoms with Crippen molar-refractivity contribution in [3.8, 4) is 0 Å². The van der Waals surface area contributed by atoms with E-state index in [9.17, 15) is 4.79 Å². The fourth-order valence-corrected chi connectivity index (χ4v) is 1.83. The smallest absolute Gasteiger partial charge is 0.251 e. The highest BCUT2D eigenvalue weighted by atomic mass is 35.5. The number of nitrogens with zero attached hydrogens (tertiary/aromatic N) is 2. The molecule has 0 aliphatic rings. The SMILES string of the molecule is CCc1cc(C(=O)NCc2ncc(C)o2)cc(Cl)n1. The number of carbonyl (C=O) groups is 1. The molecule has 0 atom stereocenters. The summed E-state index contributed by atoms with van der Waals surface area (Å²) in [7, 11) is 0. The first-order chi connectivity index (χ1) is 9.08. The third-order valence-electron chi connectivity index (χ3n) is 2.54. The number of oxazole rings is 1. The molecule has 5 nitrogen and oxygen atoms in total. The monoisotopic (exact) mass is 279 g/mol. The van der Waals surface area contributed by atoms with Crippen LogP contribution in [0.3, 0.4) is 0 Å². The third kappa shape index (κ3) is 3.54. The molecule has 2 heterocycles. The van der Waals surface area contributed by atoms with Crippen molar-refractivity contribution in [3.05, 3.63) is 46.4 Å². The van der Waals surface area contributed by atoms with Crippen LogP contribution in [0, 0.1) is 6.92 Å². The van der Waals surface area contributed by atoms with Crippen LogP contribution in [0.1, 0.15) is 34.6 Å². The Balaban J connectivity index is 2.05. The minimum Gasteiger partial charge on any atom is -0.444 e. The van der Waals surface area contributed by atoms with Crippen LogP contribution in [0.5, 0.6) is 0 Å². The second kappa shape index (κ2) is 5.84. The van der Waals surface area contributed by atoms with E-state index < -0.39 is 0 Å². The Labute approximate surface area is 116 Å². The summed E-state index contributed by atoms with van der Waals surface area (Å²) in [6.07, 6.45) is 2.33. The molecule has 2 rings (SSSR count). The van der Waals surface area contributed by atoms with Gasteiger partial charge in [-0.3, -0.25) is 4.79 Å². The van der Waals surface area contributed by atoms with Crippen molar-refractivity contribution in [2.45, 2.75) is 26.8 Å².